The zero-order chi connectivity index (χ0) is 15.2. The van der Waals surface area contributed by atoms with Crippen molar-refractivity contribution in [3.8, 4) is 5.75 Å². The van der Waals surface area contributed by atoms with Crippen LogP contribution in [0.1, 0.15) is 23.0 Å². The lowest BCUT2D eigenvalue weighted by atomic mass is 10.1. The lowest BCUT2D eigenvalue weighted by Crippen LogP contribution is -2.20. The van der Waals surface area contributed by atoms with Gasteiger partial charge in [0.25, 0.3) is 5.91 Å². The van der Waals surface area contributed by atoms with Gasteiger partial charge in [0, 0.05) is 23.1 Å². The third-order valence-corrected chi connectivity index (χ3v) is 2.79. The van der Waals surface area contributed by atoms with E-state index in [1.54, 1.807) is 42.6 Å². The quantitative estimate of drug-likeness (QED) is 0.857. The fourth-order valence-corrected chi connectivity index (χ4v) is 1.77. The first kappa shape index (κ1) is 14.7. The maximum atomic E-state index is 11.8. The van der Waals surface area contributed by atoms with Crippen LogP contribution in [0.4, 0.5) is 5.69 Å². The van der Waals surface area contributed by atoms with Gasteiger partial charge in [-0.05, 0) is 38.1 Å². The Hall–Kier alpha value is -2.69. The average molecular weight is 284 g/mol. The molecule has 0 fully saturated rings. The van der Waals surface area contributed by atoms with Gasteiger partial charge in [-0.15, -0.1) is 0 Å². The van der Waals surface area contributed by atoms with Crippen LogP contribution in [0.15, 0.2) is 42.6 Å². The first-order valence-electron chi connectivity index (χ1n) is 6.51. The molecule has 5 heteroatoms. The van der Waals surface area contributed by atoms with Crippen molar-refractivity contribution in [2.24, 2.45) is 0 Å². The number of carbonyl (C=O) groups is 2. The van der Waals surface area contributed by atoms with Gasteiger partial charge in [0.1, 0.15) is 5.75 Å². The molecule has 2 aromatic rings. The van der Waals surface area contributed by atoms with Crippen molar-refractivity contribution < 1.29 is 14.3 Å². The van der Waals surface area contributed by atoms with Gasteiger partial charge in [0.2, 0.25) is 0 Å². The molecular formula is C16H16N2O3. The van der Waals surface area contributed by atoms with Crippen molar-refractivity contribution in [3.63, 3.8) is 0 Å². The van der Waals surface area contributed by atoms with E-state index in [9.17, 15) is 9.59 Å². The fourth-order valence-electron chi connectivity index (χ4n) is 1.77. The SMILES string of the molecule is CC(=O)c1cccc(OCC(=O)Nc2ccnc(C)c2)c1. The van der Waals surface area contributed by atoms with E-state index in [2.05, 4.69) is 10.3 Å². The number of anilines is 1. The van der Waals surface area contributed by atoms with E-state index in [4.69, 9.17) is 4.74 Å². The van der Waals surface area contributed by atoms with Gasteiger partial charge in [-0.2, -0.15) is 0 Å². The van der Waals surface area contributed by atoms with Gasteiger partial charge in [-0.25, -0.2) is 0 Å². The standard InChI is InChI=1S/C16H16N2O3/c1-11-8-14(6-7-17-11)18-16(20)10-21-15-5-3-4-13(9-15)12(2)19/h3-9H,10H2,1-2H3,(H,17,18,20). The summed E-state index contributed by atoms with van der Waals surface area (Å²) in [6, 6.07) is 10.2. The molecule has 1 heterocycles. The molecule has 2 rings (SSSR count). The Labute approximate surface area is 123 Å². The summed E-state index contributed by atoms with van der Waals surface area (Å²) < 4.78 is 5.38. The molecule has 1 amide bonds. The Balaban J connectivity index is 1.92. The van der Waals surface area contributed by atoms with Crippen molar-refractivity contribution in [2.45, 2.75) is 13.8 Å². The molecule has 1 aromatic carbocycles. The van der Waals surface area contributed by atoms with Crippen molar-refractivity contribution in [1.82, 2.24) is 4.98 Å². The number of carbonyl (C=O) groups excluding carboxylic acids is 2. The number of rotatable bonds is 5. The van der Waals surface area contributed by atoms with E-state index in [1.807, 2.05) is 6.92 Å². The van der Waals surface area contributed by atoms with Crippen molar-refractivity contribution in [2.75, 3.05) is 11.9 Å². The molecule has 0 radical (unpaired) electrons. The maximum absolute atomic E-state index is 11.8. The Bertz CT molecular complexity index is 668. The number of aromatic nitrogens is 1. The average Bonchev–Trinajstić information content (AvgIpc) is 2.45. The summed E-state index contributed by atoms with van der Waals surface area (Å²) in [5.41, 5.74) is 2.05. The van der Waals surface area contributed by atoms with Crippen LogP contribution in [-0.4, -0.2) is 23.3 Å². The number of nitrogens with zero attached hydrogens (tertiary/aromatic N) is 1. The summed E-state index contributed by atoms with van der Waals surface area (Å²) in [7, 11) is 0. The highest BCUT2D eigenvalue weighted by molar-refractivity contribution is 5.94. The second-order valence-corrected chi connectivity index (χ2v) is 4.61. The van der Waals surface area contributed by atoms with E-state index in [-0.39, 0.29) is 18.3 Å². The summed E-state index contributed by atoms with van der Waals surface area (Å²) >= 11 is 0. The lowest BCUT2D eigenvalue weighted by Gasteiger charge is -2.08. The molecule has 0 bridgehead atoms. The molecular weight excluding hydrogens is 268 g/mol. The number of ketones is 1. The Morgan fingerprint density at radius 1 is 1.24 bits per heavy atom. The summed E-state index contributed by atoms with van der Waals surface area (Å²) in [4.78, 5) is 27.1. The number of nitrogens with one attached hydrogen (secondary N) is 1. The molecule has 0 aliphatic carbocycles. The highest BCUT2D eigenvalue weighted by Crippen LogP contribution is 2.14. The summed E-state index contributed by atoms with van der Waals surface area (Å²) in [6.07, 6.45) is 1.63. The zero-order valence-corrected chi connectivity index (χ0v) is 11.9. The Morgan fingerprint density at radius 2 is 2.05 bits per heavy atom. The molecule has 108 valence electrons. The van der Waals surface area contributed by atoms with Crippen LogP contribution < -0.4 is 10.1 Å². The van der Waals surface area contributed by atoms with Gasteiger partial charge in [0.05, 0.1) is 0 Å². The minimum Gasteiger partial charge on any atom is -0.484 e. The predicted octanol–water partition coefficient (Wildman–Crippen LogP) is 2.61. The lowest BCUT2D eigenvalue weighted by molar-refractivity contribution is -0.118. The molecule has 21 heavy (non-hydrogen) atoms. The molecule has 0 saturated heterocycles. The summed E-state index contributed by atoms with van der Waals surface area (Å²) in [5, 5.41) is 2.72. The van der Waals surface area contributed by atoms with Gasteiger partial charge in [0.15, 0.2) is 12.4 Å². The minimum atomic E-state index is -0.270. The van der Waals surface area contributed by atoms with Crippen LogP contribution >= 0.6 is 0 Å². The van der Waals surface area contributed by atoms with E-state index in [0.717, 1.165) is 5.69 Å². The molecule has 0 unspecified atom stereocenters. The number of aryl methyl sites for hydroxylation is 1. The summed E-state index contributed by atoms with van der Waals surface area (Å²) in [6.45, 7) is 3.21. The minimum absolute atomic E-state index is 0.0443. The van der Waals surface area contributed by atoms with Gasteiger partial charge in [-0.1, -0.05) is 12.1 Å². The van der Waals surface area contributed by atoms with Crippen LogP contribution in [0.5, 0.6) is 5.75 Å². The zero-order valence-electron chi connectivity index (χ0n) is 11.9. The van der Waals surface area contributed by atoms with Gasteiger partial charge in [-0.3, -0.25) is 14.6 Å². The molecule has 0 aliphatic rings. The number of amides is 1. The normalized spacial score (nSPS) is 10.0. The van der Waals surface area contributed by atoms with Gasteiger partial charge >= 0.3 is 0 Å². The van der Waals surface area contributed by atoms with Crippen LogP contribution in [0.2, 0.25) is 0 Å². The van der Waals surface area contributed by atoms with Crippen LogP contribution in [-0.2, 0) is 4.79 Å². The van der Waals surface area contributed by atoms with E-state index >= 15 is 0 Å². The second kappa shape index (κ2) is 6.65. The van der Waals surface area contributed by atoms with Crippen molar-refractivity contribution >= 4 is 17.4 Å². The molecule has 5 nitrogen and oxygen atoms in total. The van der Waals surface area contributed by atoms with E-state index in [1.165, 1.54) is 6.92 Å². The first-order valence-corrected chi connectivity index (χ1v) is 6.51. The molecule has 1 N–H and O–H groups in total. The second-order valence-electron chi connectivity index (χ2n) is 4.61. The number of pyridine rings is 1. The third-order valence-electron chi connectivity index (χ3n) is 2.79. The van der Waals surface area contributed by atoms with Gasteiger partial charge < -0.3 is 10.1 Å². The maximum Gasteiger partial charge on any atom is 0.262 e. The van der Waals surface area contributed by atoms with E-state index < -0.39 is 0 Å². The number of hydrogen-bond donors (Lipinski definition) is 1. The molecule has 1 aromatic heterocycles. The van der Waals surface area contributed by atoms with E-state index in [0.29, 0.717) is 17.0 Å². The first-order chi connectivity index (χ1) is 10.0. The Morgan fingerprint density at radius 3 is 2.76 bits per heavy atom. The highest BCUT2D eigenvalue weighted by Gasteiger charge is 2.06. The van der Waals surface area contributed by atoms with Crippen molar-refractivity contribution in [1.29, 1.82) is 0 Å². The predicted molar refractivity (Wildman–Crippen MR) is 79.5 cm³/mol. The largest absolute Gasteiger partial charge is 0.484 e. The third kappa shape index (κ3) is 4.42. The number of Topliss-reactive ketones (excluding diaryl/α,β-unsaturated/α-hetero) is 1. The molecule has 0 saturated carbocycles. The molecule has 0 aliphatic heterocycles. The molecule has 0 spiro atoms. The van der Waals surface area contributed by atoms with Crippen LogP contribution in [0.25, 0.3) is 0 Å². The van der Waals surface area contributed by atoms with Crippen LogP contribution in [0.3, 0.4) is 0 Å². The molecule has 0 atom stereocenters. The van der Waals surface area contributed by atoms with Crippen molar-refractivity contribution in [3.05, 3.63) is 53.9 Å². The fraction of sp³-hybridized carbons (Fsp3) is 0.188. The number of hydrogen-bond acceptors (Lipinski definition) is 4. The number of benzene rings is 1. The highest BCUT2D eigenvalue weighted by atomic mass is 16.5. The number of ether oxygens (including phenoxy) is 1. The monoisotopic (exact) mass is 284 g/mol. The van der Waals surface area contributed by atoms with Crippen LogP contribution in [0, 0.1) is 6.92 Å². The Kier molecular flexibility index (Phi) is 4.66. The topological polar surface area (TPSA) is 68.3 Å². The summed E-state index contributed by atoms with van der Waals surface area (Å²) in [5.74, 6) is 0.176. The smallest absolute Gasteiger partial charge is 0.262 e.